The molecule has 0 aromatic heterocycles. The van der Waals surface area contributed by atoms with Gasteiger partial charge in [0.1, 0.15) is 0 Å². The van der Waals surface area contributed by atoms with Crippen LogP contribution in [0.4, 0.5) is 0 Å². The molecule has 3 saturated heterocycles. The highest BCUT2D eigenvalue weighted by Gasteiger charge is 2.53. The van der Waals surface area contributed by atoms with E-state index in [9.17, 15) is 9.90 Å². The van der Waals surface area contributed by atoms with E-state index in [1.807, 2.05) is 25.0 Å². The topological polar surface area (TPSA) is 85.0 Å². The Balaban J connectivity index is 1.62. The third-order valence-electron chi connectivity index (χ3n) is 7.26. The first kappa shape index (κ1) is 22.3. The van der Waals surface area contributed by atoms with Crippen molar-refractivity contribution in [3.8, 4) is 0 Å². The largest absolute Gasteiger partial charge is 0.390 e. The summed E-state index contributed by atoms with van der Waals surface area (Å²) >= 11 is 1.72. The van der Waals surface area contributed by atoms with Crippen LogP contribution in [0.2, 0.25) is 0 Å². The Morgan fingerprint density at radius 3 is 2.61 bits per heavy atom. The van der Waals surface area contributed by atoms with Crippen LogP contribution < -0.4 is 5.73 Å². The predicted octanol–water partition coefficient (Wildman–Crippen LogP) is 2.17. The minimum Gasteiger partial charge on any atom is -0.390 e. The van der Waals surface area contributed by atoms with Crippen LogP contribution in [0.5, 0.6) is 0 Å². The molecule has 3 fully saturated rings. The number of rotatable bonds is 4. The molecule has 6 nitrogen and oxygen atoms in total. The Hall–Kier alpha value is -0.340. The van der Waals surface area contributed by atoms with Crippen molar-refractivity contribution in [1.29, 1.82) is 0 Å². The fraction of sp³-hybridized carbons (Fsp3) is 0.952. The normalized spacial score (nSPS) is 35.9. The molecule has 0 aromatic rings. The summed E-state index contributed by atoms with van der Waals surface area (Å²) in [5, 5.41) is 10.5. The fourth-order valence-corrected chi connectivity index (χ4v) is 5.34. The maximum Gasteiger partial charge on any atom is 0.239 e. The third-order valence-corrected chi connectivity index (χ3v) is 7.90. The number of thioether (sulfide) groups is 1. The zero-order valence-electron chi connectivity index (χ0n) is 17.9. The van der Waals surface area contributed by atoms with Crippen molar-refractivity contribution in [1.82, 2.24) is 4.90 Å². The molecule has 4 atom stereocenters. The van der Waals surface area contributed by atoms with Crippen LogP contribution in [-0.2, 0) is 14.3 Å². The van der Waals surface area contributed by atoms with Crippen LogP contribution >= 0.6 is 11.8 Å². The van der Waals surface area contributed by atoms with E-state index >= 15 is 0 Å². The number of hydrogen-bond acceptors (Lipinski definition) is 6. The molecule has 3 rings (SSSR count). The van der Waals surface area contributed by atoms with Crippen molar-refractivity contribution in [3.63, 3.8) is 0 Å². The summed E-state index contributed by atoms with van der Waals surface area (Å²) in [5.74, 6) is 0.998. The summed E-state index contributed by atoms with van der Waals surface area (Å²) < 4.78 is 12.8. The molecule has 0 unspecified atom stereocenters. The summed E-state index contributed by atoms with van der Waals surface area (Å²) in [4.78, 5) is 14.6. The van der Waals surface area contributed by atoms with Gasteiger partial charge in [0.05, 0.1) is 36.1 Å². The number of nitrogens with zero attached hydrogens (tertiary/aromatic N) is 1. The van der Waals surface area contributed by atoms with Crippen LogP contribution in [0.15, 0.2) is 0 Å². The van der Waals surface area contributed by atoms with Crippen LogP contribution in [0, 0.1) is 5.41 Å². The molecule has 7 heteroatoms. The van der Waals surface area contributed by atoms with Gasteiger partial charge in [0.25, 0.3) is 0 Å². The average Bonchev–Trinajstić information content (AvgIpc) is 2.75. The highest BCUT2D eigenvalue weighted by atomic mass is 32.2. The van der Waals surface area contributed by atoms with Crippen LogP contribution in [0.25, 0.3) is 0 Å². The number of hydrogen-bond donors (Lipinski definition) is 2. The fourth-order valence-electron chi connectivity index (χ4n) is 4.85. The van der Waals surface area contributed by atoms with E-state index < -0.39 is 11.7 Å². The lowest BCUT2D eigenvalue weighted by atomic mass is 9.69. The van der Waals surface area contributed by atoms with Crippen molar-refractivity contribution < 1.29 is 19.4 Å². The number of ether oxygens (including phenoxy) is 2. The second-order valence-corrected chi connectivity index (χ2v) is 10.8. The van der Waals surface area contributed by atoms with Crippen molar-refractivity contribution >= 4 is 17.7 Å². The molecule has 3 N–H and O–H groups in total. The lowest BCUT2D eigenvalue weighted by Gasteiger charge is -2.52. The van der Waals surface area contributed by atoms with Crippen molar-refractivity contribution in [2.75, 3.05) is 31.7 Å². The quantitative estimate of drug-likeness (QED) is 0.733. The molecular weight excluding hydrogens is 376 g/mol. The molecule has 0 aliphatic carbocycles. The van der Waals surface area contributed by atoms with E-state index in [1.165, 1.54) is 0 Å². The van der Waals surface area contributed by atoms with Crippen LogP contribution in [0.1, 0.15) is 59.3 Å². The van der Waals surface area contributed by atoms with Gasteiger partial charge in [-0.3, -0.25) is 4.79 Å². The number of fused-ring (bicyclic) bond motifs is 1. The van der Waals surface area contributed by atoms with Crippen LogP contribution in [0.3, 0.4) is 0 Å². The first-order valence-corrected chi connectivity index (χ1v) is 12.0. The van der Waals surface area contributed by atoms with Crippen molar-refractivity contribution in [3.05, 3.63) is 0 Å². The minimum atomic E-state index is -0.564. The number of likely N-dealkylation sites (tertiary alicyclic amines) is 1. The number of carbonyl (C=O) groups is 1. The van der Waals surface area contributed by atoms with E-state index in [4.69, 9.17) is 15.2 Å². The molecule has 3 aliphatic heterocycles. The van der Waals surface area contributed by atoms with Gasteiger partial charge in [0, 0.05) is 13.1 Å². The Kier molecular flexibility index (Phi) is 6.72. The van der Waals surface area contributed by atoms with Gasteiger partial charge in [-0.2, -0.15) is 11.8 Å². The van der Waals surface area contributed by atoms with Gasteiger partial charge >= 0.3 is 0 Å². The number of piperidine rings is 1. The van der Waals surface area contributed by atoms with Crippen LogP contribution in [-0.4, -0.2) is 77.1 Å². The number of aliphatic hydroxyl groups is 1. The van der Waals surface area contributed by atoms with Crippen molar-refractivity contribution in [2.45, 2.75) is 88.7 Å². The van der Waals surface area contributed by atoms with E-state index in [2.05, 4.69) is 6.92 Å². The molecule has 28 heavy (non-hydrogen) atoms. The SMILES string of the molecule is CSCC[C@@H](N)C(=O)N1CCC2(CC1)CO[C@]1(C)CC[C@H](O)C(C)(C)O[C@H]1C2. The Morgan fingerprint density at radius 2 is 1.96 bits per heavy atom. The zero-order chi connectivity index (χ0) is 20.6. The standard InChI is InChI=1S/C21H38N2O4S/c1-19(2)16(24)5-7-20(3)17(27-19)13-21(14-26-20)8-10-23(11-9-21)18(25)15(22)6-12-28-4/h15-17,24H,5-14,22H2,1-4H3/t15-,16+,17+,20-/m1/s1. The molecule has 0 saturated carbocycles. The Morgan fingerprint density at radius 1 is 1.29 bits per heavy atom. The molecule has 0 bridgehead atoms. The van der Waals surface area contributed by atoms with E-state index in [-0.39, 0.29) is 29.1 Å². The maximum absolute atomic E-state index is 12.6. The second-order valence-electron chi connectivity index (χ2n) is 9.78. The molecule has 1 amide bonds. The Labute approximate surface area is 173 Å². The lowest BCUT2D eigenvalue weighted by Crippen LogP contribution is -2.58. The van der Waals surface area contributed by atoms with Gasteiger partial charge in [0.15, 0.2) is 0 Å². The van der Waals surface area contributed by atoms with Gasteiger partial charge in [0.2, 0.25) is 5.91 Å². The summed E-state index contributed by atoms with van der Waals surface area (Å²) in [6, 6.07) is -0.389. The van der Waals surface area contributed by atoms with E-state index in [1.54, 1.807) is 11.8 Å². The van der Waals surface area contributed by atoms with Gasteiger partial charge in [-0.25, -0.2) is 0 Å². The first-order valence-electron chi connectivity index (χ1n) is 10.6. The smallest absolute Gasteiger partial charge is 0.239 e. The molecule has 3 aliphatic rings. The molecule has 162 valence electrons. The highest BCUT2D eigenvalue weighted by Crippen LogP contribution is 2.49. The van der Waals surface area contributed by atoms with Crippen molar-refractivity contribution in [2.24, 2.45) is 11.1 Å². The molecular formula is C21H38N2O4S. The van der Waals surface area contributed by atoms with Gasteiger partial charge in [-0.05, 0) is 76.7 Å². The summed E-state index contributed by atoms with van der Waals surface area (Å²) in [6.07, 6.45) is 6.55. The second kappa shape index (κ2) is 8.42. The highest BCUT2D eigenvalue weighted by molar-refractivity contribution is 7.98. The van der Waals surface area contributed by atoms with E-state index in [0.717, 1.165) is 50.9 Å². The van der Waals surface area contributed by atoms with E-state index in [0.29, 0.717) is 13.0 Å². The maximum atomic E-state index is 12.6. The summed E-state index contributed by atoms with van der Waals surface area (Å²) in [5.41, 5.74) is 5.24. The average molecular weight is 415 g/mol. The first-order chi connectivity index (χ1) is 13.1. The minimum absolute atomic E-state index is 0.0283. The monoisotopic (exact) mass is 414 g/mol. The number of carbonyl (C=O) groups excluding carboxylic acids is 1. The number of nitrogens with two attached hydrogens (primary N) is 1. The zero-order valence-corrected chi connectivity index (χ0v) is 18.7. The lowest BCUT2D eigenvalue weighted by molar-refractivity contribution is -0.240. The third kappa shape index (κ3) is 4.53. The molecule has 3 heterocycles. The number of aliphatic hydroxyl groups excluding tert-OH is 1. The Bertz CT molecular complexity index is 565. The molecule has 0 radical (unpaired) electrons. The summed E-state index contributed by atoms with van der Waals surface area (Å²) in [6.45, 7) is 8.27. The molecule has 0 aromatic carbocycles. The summed E-state index contributed by atoms with van der Waals surface area (Å²) in [7, 11) is 0. The van der Waals surface area contributed by atoms with Gasteiger partial charge in [-0.1, -0.05) is 0 Å². The van der Waals surface area contributed by atoms with Gasteiger partial charge in [-0.15, -0.1) is 0 Å². The predicted molar refractivity (Wildman–Crippen MR) is 112 cm³/mol. The number of amides is 1. The molecule has 1 spiro atoms. The van der Waals surface area contributed by atoms with Gasteiger partial charge < -0.3 is 25.2 Å².